The van der Waals surface area contributed by atoms with E-state index in [-0.39, 0.29) is 29.6 Å². The van der Waals surface area contributed by atoms with Crippen molar-refractivity contribution in [3.8, 4) is 0 Å². The zero-order valence-corrected chi connectivity index (χ0v) is 7.90. The number of nitrogens with zero attached hydrogens (tertiary/aromatic N) is 1. The van der Waals surface area contributed by atoms with Gasteiger partial charge in [0.2, 0.25) is 0 Å². The molecule has 0 aliphatic carbocycles. The summed E-state index contributed by atoms with van der Waals surface area (Å²) < 4.78 is 1.00. The fourth-order valence-electron chi connectivity index (χ4n) is 0.447. The molecule has 0 aromatic heterocycles. The summed E-state index contributed by atoms with van der Waals surface area (Å²) in [6.45, 7) is 0.707. The van der Waals surface area contributed by atoms with Crippen molar-refractivity contribution in [3.63, 3.8) is 0 Å². The molecule has 1 aliphatic rings. The summed E-state index contributed by atoms with van der Waals surface area (Å²) >= 11 is 1.21. The average Bonchev–Trinajstić information content (AvgIpc) is 2.12. The van der Waals surface area contributed by atoms with Gasteiger partial charge in [-0.2, -0.15) is 0 Å². The van der Waals surface area contributed by atoms with Crippen molar-refractivity contribution in [2.24, 2.45) is 0 Å². The third-order valence-corrected chi connectivity index (χ3v) is 1.67. The van der Waals surface area contributed by atoms with Crippen LogP contribution in [-0.4, -0.2) is 22.8 Å². The number of hydrogen-bond donors (Lipinski definition) is 1. The molecule has 1 aliphatic heterocycles. The Bertz CT molecular complexity index is 106. The molecule has 1 N–H and O–H groups in total. The molecule has 0 aromatic rings. The predicted molar refractivity (Wildman–Crippen MR) is 27.7 cm³/mol. The fourth-order valence-corrected chi connectivity index (χ4v) is 1.10. The molecule has 46 valence electrons. The molecule has 0 spiro atoms. The van der Waals surface area contributed by atoms with E-state index in [0.29, 0.717) is 6.54 Å². The molecule has 0 bridgehead atoms. The van der Waals surface area contributed by atoms with Crippen LogP contribution in [0.15, 0.2) is 0 Å². The van der Waals surface area contributed by atoms with Crippen LogP contribution in [0.2, 0.25) is 0 Å². The summed E-state index contributed by atoms with van der Waals surface area (Å²) in [5.41, 5.74) is 2.59. The summed E-state index contributed by atoms with van der Waals surface area (Å²) in [7, 11) is 0. The summed E-state index contributed by atoms with van der Waals surface area (Å²) in [5.74, 6) is 0.800. The second kappa shape index (κ2) is 4.40. The van der Waals surface area contributed by atoms with Crippen molar-refractivity contribution in [2.45, 2.75) is 0 Å². The summed E-state index contributed by atoms with van der Waals surface area (Å²) in [4.78, 5) is 9.93. The number of nitrogens with one attached hydrogen (secondary N) is 1. The van der Waals surface area contributed by atoms with E-state index in [1.807, 2.05) is 0 Å². The smallest absolute Gasteiger partial charge is 0.528 e. The Labute approximate surface area is 79.4 Å². The van der Waals surface area contributed by atoms with E-state index in [4.69, 9.17) is 0 Å². The normalized spacial score (nSPS) is 17.1. The first-order valence-electron chi connectivity index (χ1n) is 2.18. The Balaban J connectivity index is 0.000000640. The van der Waals surface area contributed by atoms with Crippen LogP contribution in [0.3, 0.4) is 0 Å². The van der Waals surface area contributed by atoms with Gasteiger partial charge in [0.25, 0.3) is 0 Å². The fraction of sp³-hybridized carbons (Fsp3) is 0.667. The number of carbonyl (C=O) groups is 1. The van der Waals surface area contributed by atoms with Gasteiger partial charge in [-0.15, -0.1) is 0 Å². The van der Waals surface area contributed by atoms with Gasteiger partial charge in [0.1, 0.15) is 0 Å². The van der Waals surface area contributed by atoms with Gasteiger partial charge in [0.15, 0.2) is 6.09 Å². The summed E-state index contributed by atoms with van der Waals surface area (Å²) in [6, 6.07) is 0. The van der Waals surface area contributed by atoms with Crippen LogP contribution < -0.4 is 40.1 Å². The number of hydrazine groups is 1. The van der Waals surface area contributed by atoms with Crippen LogP contribution >= 0.6 is 11.9 Å². The minimum atomic E-state index is -1.17. The van der Waals surface area contributed by atoms with Crippen LogP contribution in [0.25, 0.3) is 0 Å². The molecule has 0 saturated carbocycles. The molecule has 6 heteroatoms. The molecule has 0 aromatic carbocycles. The number of hydrogen-bond acceptors (Lipinski definition) is 4. The second-order valence-electron chi connectivity index (χ2n) is 1.30. The molecule has 1 fully saturated rings. The number of amides is 1. The first-order valence-corrected chi connectivity index (χ1v) is 3.12. The van der Waals surface area contributed by atoms with Gasteiger partial charge in [-0.25, -0.2) is 9.84 Å². The Morgan fingerprint density at radius 1 is 1.78 bits per heavy atom. The number of rotatable bonds is 0. The molecular weight excluding hydrogens is 151 g/mol. The molecule has 1 amide bonds. The SMILES string of the molecule is O=C([O-])N1NCCS1.[Na+]. The molecule has 9 heavy (non-hydrogen) atoms. The van der Waals surface area contributed by atoms with Crippen molar-refractivity contribution >= 4 is 18.0 Å². The standard InChI is InChI=1S/C3H6N2O2S.Na/c6-3(7)5-4-1-2-8-5;/h4H,1-2H2,(H,6,7);/q;+1/p-1. The van der Waals surface area contributed by atoms with E-state index >= 15 is 0 Å². The molecule has 0 radical (unpaired) electrons. The maximum Gasteiger partial charge on any atom is 1.00 e. The van der Waals surface area contributed by atoms with Gasteiger partial charge in [0, 0.05) is 12.3 Å². The largest absolute Gasteiger partial charge is 1.00 e. The third kappa shape index (κ3) is 2.77. The van der Waals surface area contributed by atoms with Crippen LogP contribution in [-0.2, 0) is 0 Å². The van der Waals surface area contributed by atoms with Gasteiger partial charge in [0.05, 0.1) is 0 Å². The van der Waals surface area contributed by atoms with Gasteiger partial charge in [-0.1, -0.05) is 0 Å². The average molecular weight is 156 g/mol. The first kappa shape index (κ1) is 9.58. The molecular formula is C3H5N2NaO2S. The maximum atomic E-state index is 9.93. The van der Waals surface area contributed by atoms with E-state index in [1.54, 1.807) is 0 Å². The first-order chi connectivity index (χ1) is 3.80. The van der Waals surface area contributed by atoms with E-state index in [1.165, 1.54) is 11.9 Å². The van der Waals surface area contributed by atoms with Crippen LogP contribution in [0.1, 0.15) is 0 Å². The van der Waals surface area contributed by atoms with Crippen LogP contribution in [0.4, 0.5) is 4.79 Å². The molecule has 1 heterocycles. The Morgan fingerprint density at radius 3 is 2.67 bits per heavy atom. The minimum absolute atomic E-state index is 0. The molecule has 4 nitrogen and oxygen atoms in total. The van der Waals surface area contributed by atoms with Crippen molar-refractivity contribution in [2.75, 3.05) is 12.3 Å². The van der Waals surface area contributed by atoms with E-state index in [2.05, 4.69) is 5.43 Å². The van der Waals surface area contributed by atoms with Gasteiger partial charge < -0.3 is 9.90 Å². The monoisotopic (exact) mass is 156 g/mol. The number of carboxylic acid groups (broad SMARTS) is 1. The quantitative estimate of drug-likeness (QED) is 0.285. The number of carbonyl (C=O) groups excluding carboxylic acids is 1. The topological polar surface area (TPSA) is 55.4 Å². The molecule has 0 atom stereocenters. The van der Waals surface area contributed by atoms with Gasteiger partial charge in [-0.3, -0.25) is 0 Å². The molecule has 1 rings (SSSR count). The summed E-state index contributed by atoms with van der Waals surface area (Å²) in [5, 5.41) is 9.93. The van der Waals surface area contributed by atoms with Crippen molar-refractivity contribution < 1.29 is 39.5 Å². The van der Waals surface area contributed by atoms with E-state index in [0.717, 1.165) is 10.2 Å². The maximum absolute atomic E-state index is 9.93. The summed E-state index contributed by atoms with van der Waals surface area (Å²) in [6.07, 6.45) is -1.17. The zero-order valence-electron chi connectivity index (χ0n) is 5.09. The Hall–Kier alpha value is 0.580. The van der Waals surface area contributed by atoms with Crippen LogP contribution in [0.5, 0.6) is 0 Å². The Kier molecular flexibility index (Phi) is 4.69. The zero-order chi connectivity index (χ0) is 5.98. The third-order valence-electron chi connectivity index (χ3n) is 0.744. The van der Waals surface area contributed by atoms with Crippen molar-refractivity contribution in [1.29, 1.82) is 0 Å². The molecule has 1 saturated heterocycles. The second-order valence-corrected chi connectivity index (χ2v) is 2.33. The predicted octanol–water partition coefficient (Wildman–Crippen LogP) is -4.20. The van der Waals surface area contributed by atoms with Gasteiger partial charge >= 0.3 is 29.6 Å². The van der Waals surface area contributed by atoms with Gasteiger partial charge in [-0.05, 0) is 11.9 Å². The van der Waals surface area contributed by atoms with E-state index in [9.17, 15) is 9.90 Å². The molecule has 0 unspecified atom stereocenters. The van der Waals surface area contributed by atoms with E-state index < -0.39 is 6.09 Å². The minimum Gasteiger partial charge on any atom is -0.528 e. The van der Waals surface area contributed by atoms with Crippen molar-refractivity contribution in [3.05, 3.63) is 0 Å². The Morgan fingerprint density at radius 2 is 2.44 bits per heavy atom. The van der Waals surface area contributed by atoms with Crippen molar-refractivity contribution in [1.82, 2.24) is 9.84 Å². The van der Waals surface area contributed by atoms with Crippen LogP contribution in [0, 0.1) is 0 Å².